The van der Waals surface area contributed by atoms with Gasteiger partial charge in [0.1, 0.15) is 11.6 Å². The molecule has 1 aromatic rings. The van der Waals surface area contributed by atoms with Crippen molar-refractivity contribution in [2.24, 2.45) is 0 Å². The van der Waals surface area contributed by atoms with Gasteiger partial charge in [-0.1, -0.05) is 6.32 Å². The first-order chi connectivity index (χ1) is 6.31. The smallest absolute Gasteiger partial charge is 0.449 e. The van der Waals surface area contributed by atoms with Gasteiger partial charge in [0.25, 0.3) is 0 Å². The zero-order valence-corrected chi connectivity index (χ0v) is 8.29. The van der Waals surface area contributed by atoms with E-state index < -0.39 is 30.5 Å². The fourth-order valence-corrected chi connectivity index (χ4v) is 1.36. The van der Waals surface area contributed by atoms with Gasteiger partial charge in [0.05, 0.1) is 4.47 Å². The molecule has 0 N–H and O–H groups in total. The van der Waals surface area contributed by atoms with E-state index in [0.717, 1.165) is 12.1 Å². The molecule has 0 nitrogen and oxygen atoms in total. The molecule has 0 spiro atoms. The Morgan fingerprint density at radius 2 is 1.71 bits per heavy atom. The molecule has 7 heteroatoms. The minimum Gasteiger partial charge on any atom is -0.449 e. The summed E-state index contributed by atoms with van der Waals surface area (Å²) in [5.74, 6) is -2.37. The second-order valence-corrected chi connectivity index (χ2v) is 3.59. The van der Waals surface area contributed by atoms with Crippen LogP contribution in [0.25, 0.3) is 0 Å². The van der Waals surface area contributed by atoms with Crippen LogP contribution in [0.1, 0.15) is 5.56 Å². The Morgan fingerprint density at radius 1 is 1.14 bits per heavy atom. The topological polar surface area (TPSA) is 0 Å². The maximum absolute atomic E-state index is 13.0. The highest BCUT2D eigenvalue weighted by atomic mass is 79.9. The average Bonchev–Trinajstić information content (AvgIpc) is 2.04. The first-order valence-electron chi connectivity index (χ1n) is 3.64. The Balaban J connectivity index is 3.13. The maximum atomic E-state index is 13.0. The molecule has 78 valence electrons. The van der Waals surface area contributed by atoms with Crippen LogP contribution in [0, 0.1) is 11.6 Å². The summed E-state index contributed by atoms with van der Waals surface area (Å²) in [5.41, 5.74) is -0.938. The Labute approximate surface area is 85.3 Å². The fourth-order valence-electron chi connectivity index (χ4n) is 0.988. The Bertz CT molecular complexity index is 349. The van der Waals surface area contributed by atoms with Gasteiger partial charge in [0.15, 0.2) is 0 Å². The van der Waals surface area contributed by atoms with E-state index in [4.69, 9.17) is 0 Å². The van der Waals surface area contributed by atoms with E-state index in [9.17, 15) is 21.7 Å². The molecular formula is C7H4BBrF5-. The highest BCUT2D eigenvalue weighted by molar-refractivity contribution is 9.10. The summed E-state index contributed by atoms with van der Waals surface area (Å²) >= 11 is 2.69. The minimum absolute atomic E-state index is 0.172. The van der Waals surface area contributed by atoms with Crippen LogP contribution in [0.15, 0.2) is 16.6 Å². The van der Waals surface area contributed by atoms with Crippen LogP contribution >= 0.6 is 15.9 Å². The van der Waals surface area contributed by atoms with Crippen molar-refractivity contribution < 1.29 is 21.7 Å². The van der Waals surface area contributed by atoms with E-state index in [-0.39, 0.29) is 4.47 Å². The zero-order valence-electron chi connectivity index (χ0n) is 6.71. The Hall–Kier alpha value is -0.585. The van der Waals surface area contributed by atoms with E-state index in [0.29, 0.717) is 0 Å². The van der Waals surface area contributed by atoms with Gasteiger partial charge >= 0.3 is 6.98 Å². The average molecular weight is 274 g/mol. The number of benzene rings is 1. The van der Waals surface area contributed by atoms with E-state index >= 15 is 0 Å². The lowest BCUT2D eigenvalue weighted by atomic mass is 9.81. The third kappa shape index (κ3) is 2.70. The molecule has 1 rings (SSSR count). The lowest BCUT2D eigenvalue weighted by Crippen LogP contribution is -2.21. The molecule has 0 atom stereocenters. The van der Waals surface area contributed by atoms with E-state index in [1.165, 1.54) is 0 Å². The van der Waals surface area contributed by atoms with E-state index in [1.54, 1.807) is 0 Å². The van der Waals surface area contributed by atoms with Crippen LogP contribution in [0.4, 0.5) is 21.7 Å². The molecule has 14 heavy (non-hydrogen) atoms. The van der Waals surface area contributed by atoms with Crippen molar-refractivity contribution in [2.75, 3.05) is 0 Å². The summed E-state index contributed by atoms with van der Waals surface area (Å²) in [7, 11) is 0. The van der Waals surface area contributed by atoms with Gasteiger partial charge in [-0.2, -0.15) is 0 Å². The molecule has 0 aliphatic heterocycles. The predicted molar refractivity (Wildman–Crippen MR) is 46.8 cm³/mol. The highest BCUT2D eigenvalue weighted by Crippen LogP contribution is 2.25. The third-order valence-corrected chi connectivity index (χ3v) is 2.19. The van der Waals surface area contributed by atoms with Gasteiger partial charge < -0.3 is 12.9 Å². The van der Waals surface area contributed by atoms with Crippen LogP contribution in [-0.2, 0) is 6.32 Å². The highest BCUT2D eigenvalue weighted by Gasteiger charge is 2.27. The molecular weight excluding hydrogens is 270 g/mol. The summed E-state index contributed by atoms with van der Waals surface area (Å²) in [6, 6.07) is 1.82. The van der Waals surface area contributed by atoms with E-state index in [2.05, 4.69) is 15.9 Å². The summed E-state index contributed by atoms with van der Waals surface area (Å²) in [5, 5.41) is 0. The third-order valence-electron chi connectivity index (χ3n) is 1.57. The molecule has 0 saturated heterocycles. The fraction of sp³-hybridized carbons (Fsp3) is 0.143. The van der Waals surface area contributed by atoms with Crippen molar-refractivity contribution in [3.8, 4) is 0 Å². The van der Waals surface area contributed by atoms with Gasteiger partial charge in [0, 0.05) is 0 Å². The van der Waals surface area contributed by atoms with Crippen LogP contribution in [0.3, 0.4) is 0 Å². The molecule has 0 aliphatic carbocycles. The molecule has 0 radical (unpaired) electrons. The quantitative estimate of drug-likeness (QED) is 0.438. The van der Waals surface area contributed by atoms with Gasteiger partial charge in [-0.15, -0.1) is 0 Å². The van der Waals surface area contributed by atoms with Gasteiger partial charge in [0.2, 0.25) is 0 Å². The second-order valence-electron chi connectivity index (χ2n) is 2.74. The molecule has 0 bridgehead atoms. The number of hydrogen-bond donors (Lipinski definition) is 0. The largest absolute Gasteiger partial charge is 0.482 e. The standard InChI is InChI=1S/C7H4BBrF5/c9-5-1-2-6(10)4(7(5)11)3-8(12,13)14/h1-2H,3H2/q-1. The van der Waals surface area contributed by atoms with E-state index in [1.807, 2.05) is 0 Å². The van der Waals surface area contributed by atoms with Crippen LogP contribution in [0.5, 0.6) is 0 Å². The number of halogens is 6. The van der Waals surface area contributed by atoms with Gasteiger partial charge in [-0.3, -0.25) is 0 Å². The molecule has 0 amide bonds. The predicted octanol–water partition coefficient (Wildman–Crippen LogP) is 3.66. The first-order valence-corrected chi connectivity index (χ1v) is 4.44. The lowest BCUT2D eigenvalue weighted by molar-refractivity contribution is 0.458. The molecule has 0 fully saturated rings. The summed E-state index contributed by atoms with van der Waals surface area (Å²) in [6.07, 6.45) is -1.54. The Morgan fingerprint density at radius 3 is 2.21 bits per heavy atom. The molecule has 1 aromatic carbocycles. The van der Waals surface area contributed by atoms with Gasteiger partial charge in [-0.05, 0) is 33.6 Å². The van der Waals surface area contributed by atoms with Crippen LogP contribution < -0.4 is 0 Å². The van der Waals surface area contributed by atoms with Crippen molar-refractivity contribution in [1.29, 1.82) is 0 Å². The zero-order chi connectivity index (χ0) is 10.9. The molecule has 0 heterocycles. The number of rotatable bonds is 2. The minimum atomic E-state index is -5.24. The van der Waals surface area contributed by atoms with Crippen molar-refractivity contribution in [2.45, 2.75) is 6.32 Å². The molecule has 0 aliphatic rings. The normalized spacial score (nSPS) is 11.9. The van der Waals surface area contributed by atoms with Crippen molar-refractivity contribution >= 4 is 22.9 Å². The second kappa shape index (κ2) is 3.88. The lowest BCUT2D eigenvalue weighted by Gasteiger charge is -2.15. The number of hydrogen-bond acceptors (Lipinski definition) is 0. The monoisotopic (exact) mass is 273 g/mol. The summed E-state index contributed by atoms with van der Waals surface area (Å²) in [4.78, 5) is 0. The maximum Gasteiger partial charge on any atom is 0.482 e. The molecule has 0 aromatic heterocycles. The molecule has 0 saturated carbocycles. The van der Waals surface area contributed by atoms with Crippen molar-refractivity contribution in [1.82, 2.24) is 0 Å². The summed E-state index contributed by atoms with van der Waals surface area (Å²) in [6.45, 7) is -5.24. The van der Waals surface area contributed by atoms with Crippen LogP contribution in [-0.4, -0.2) is 6.98 Å². The SMILES string of the molecule is Fc1ccc(Br)c(F)c1C[B-](F)(F)F. The summed E-state index contributed by atoms with van der Waals surface area (Å²) < 4.78 is 61.5. The molecule has 0 unspecified atom stereocenters. The van der Waals surface area contributed by atoms with Gasteiger partial charge in [-0.25, -0.2) is 8.78 Å². The van der Waals surface area contributed by atoms with Crippen LogP contribution in [0.2, 0.25) is 0 Å². The Kier molecular flexibility index (Phi) is 3.19. The van der Waals surface area contributed by atoms with Crippen molar-refractivity contribution in [3.05, 3.63) is 33.8 Å². The van der Waals surface area contributed by atoms with Crippen molar-refractivity contribution in [3.63, 3.8) is 0 Å². The first kappa shape index (κ1) is 11.5.